The maximum Gasteiger partial charge on any atom is 0.493 e. The first-order valence-electron chi connectivity index (χ1n) is 15.3. The van der Waals surface area contributed by atoms with Gasteiger partial charge < -0.3 is 46.5 Å². The number of ether oxygens (including phenoxy) is 2. The summed E-state index contributed by atoms with van der Waals surface area (Å²) in [6.45, 7) is -0.794. The number of carbonyl (C=O) groups excluding carboxylic acids is 1. The summed E-state index contributed by atoms with van der Waals surface area (Å²) in [6.07, 6.45) is -5.57. The molecule has 1 aliphatic heterocycles. The van der Waals surface area contributed by atoms with Crippen LogP contribution in [-0.4, -0.2) is 91.9 Å². The quantitative estimate of drug-likeness (QED) is 0.0362. The number of nitrogen functional groups attached to an aromatic ring is 1. The summed E-state index contributed by atoms with van der Waals surface area (Å²) in [5.41, 5.74) is 16.3. The molecule has 1 aromatic heterocycles. The molecule has 2 unspecified atom stereocenters. The number of carbonyl (C=O) groups is 2. The van der Waals surface area contributed by atoms with Crippen LogP contribution in [-0.2, 0) is 28.0 Å². The van der Waals surface area contributed by atoms with Crippen LogP contribution in [0.4, 0.5) is 10.6 Å². The number of benzene rings is 2. The monoisotopic (exact) mass is 717 g/mol. The van der Waals surface area contributed by atoms with Crippen molar-refractivity contribution in [2.75, 3.05) is 25.5 Å². The molecule has 0 spiro atoms. The van der Waals surface area contributed by atoms with Gasteiger partial charge in [0.1, 0.15) is 36.8 Å². The molecule has 2 heterocycles. The number of aromatic nitrogens is 2. The average molecular weight is 718 g/mol. The number of carboxylic acids is 1. The van der Waals surface area contributed by atoms with Crippen LogP contribution in [0.1, 0.15) is 36.1 Å². The maximum atomic E-state index is 12.5. The number of phosphoric ester groups is 1. The number of fused-ring (bicyclic) bond motifs is 3. The van der Waals surface area contributed by atoms with E-state index in [0.29, 0.717) is 0 Å². The van der Waals surface area contributed by atoms with Gasteiger partial charge in [0, 0.05) is 18.7 Å². The molecule has 0 saturated carbocycles. The molecule has 0 bridgehead atoms. The summed E-state index contributed by atoms with van der Waals surface area (Å²) in [5.74, 6) is -2.01. The van der Waals surface area contributed by atoms with E-state index in [4.69, 9.17) is 25.5 Å². The first-order valence-corrected chi connectivity index (χ1v) is 16.8. The number of aliphatic hydroxyl groups is 2. The molecule has 2 aromatic carbocycles. The summed E-state index contributed by atoms with van der Waals surface area (Å²) in [7, 11) is -4.87. The molecule has 20 heteroatoms. The number of alkyl carbamates (subject to hydrolysis) is 1. The second kappa shape index (κ2) is 15.8. The molecule has 5 rings (SSSR count). The van der Waals surface area contributed by atoms with E-state index in [1.165, 1.54) is 12.3 Å². The largest absolute Gasteiger partial charge is 0.493 e. The van der Waals surface area contributed by atoms with E-state index < -0.39 is 68.7 Å². The molecule has 0 radical (unpaired) electrons. The summed E-state index contributed by atoms with van der Waals surface area (Å²) >= 11 is 0. The van der Waals surface area contributed by atoms with Crippen molar-refractivity contribution in [3.63, 3.8) is 0 Å². The summed E-state index contributed by atoms with van der Waals surface area (Å²) in [5, 5.41) is 32.5. The summed E-state index contributed by atoms with van der Waals surface area (Å²) in [6, 6.07) is 15.6. The highest BCUT2D eigenvalue weighted by Crippen LogP contribution is 2.45. The number of anilines is 1. The van der Waals surface area contributed by atoms with Crippen LogP contribution in [0.5, 0.6) is 0 Å². The minimum atomic E-state index is -4.87. The van der Waals surface area contributed by atoms with Gasteiger partial charge in [0.25, 0.3) is 0 Å². The highest BCUT2D eigenvalue weighted by Gasteiger charge is 2.45. The van der Waals surface area contributed by atoms with Gasteiger partial charge in [-0.25, -0.2) is 24.4 Å². The number of hydroxylamine groups is 1. The Labute approximate surface area is 284 Å². The molecule has 1 aliphatic carbocycles. The number of hydrogen-bond acceptors (Lipinski definition) is 13. The van der Waals surface area contributed by atoms with Crippen LogP contribution in [0, 0.1) is 0 Å². The minimum Gasteiger partial charge on any atom is -0.480 e. The first kappa shape index (κ1) is 36.4. The number of guanidine groups is 1. The average Bonchev–Trinajstić information content (AvgIpc) is 3.56. The van der Waals surface area contributed by atoms with Gasteiger partial charge in [0.15, 0.2) is 6.23 Å². The minimum absolute atomic E-state index is 0.0104. The van der Waals surface area contributed by atoms with Crippen molar-refractivity contribution < 1.29 is 53.0 Å². The molecular weight excluding hydrogens is 681 g/mol. The molecule has 10 N–H and O–H groups in total. The molecule has 1 fully saturated rings. The number of aliphatic hydroxyl groups excluding tert-OH is 2. The van der Waals surface area contributed by atoms with Crippen LogP contribution in [0.15, 0.2) is 70.6 Å². The number of amides is 1. The number of phosphoric acid groups is 1. The Hall–Kier alpha value is -4.88. The molecule has 268 valence electrons. The van der Waals surface area contributed by atoms with Crippen molar-refractivity contribution in [1.82, 2.24) is 20.3 Å². The van der Waals surface area contributed by atoms with E-state index in [0.717, 1.165) is 26.8 Å². The molecule has 50 heavy (non-hydrogen) atoms. The topological polar surface area (TPSA) is 292 Å². The number of aliphatic imine (C=N–C) groups is 1. The number of aliphatic carboxylic acids is 1. The van der Waals surface area contributed by atoms with Gasteiger partial charge in [-0.15, -0.1) is 0 Å². The molecular formula is C30H36N7O12P. The van der Waals surface area contributed by atoms with Gasteiger partial charge >= 0.3 is 25.6 Å². The van der Waals surface area contributed by atoms with Crippen molar-refractivity contribution in [3.05, 3.63) is 82.4 Å². The van der Waals surface area contributed by atoms with Gasteiger partial charge in [-0.2, -0.15) is 9.61 Å². The number of hydrogen-bond donors (Lipinski definition) is 8. The molecule has 2 aliphatic rings. The predicted octanol–water partition coefficient (Wildman–Crippen LogP) is 0.170. The zero-order valence-electron chi connectivity index (χ0n) is 26.3. The van der Waals surface area contributed by atoms with Gasteiger partial charge in [0.2, 0.25) is 5.96 Å². The van der Waals surface area contributed by atoms with E-state index in [2.05, 4.69) is 19.9 Å². The number of carboxylic acid groups (broad SMARTS) is 1. The van der Waals surface area contributed by atoms with Crippen molar-refractivity contribution in [2.45, 2.75) is 49.3 Å². The zero-order chi connectivity index (χ0) is 36.0. The van der Waals surface area contributed by atoms with Crippen molar-refractivity contribution in [3.8, 4) is 11.1 Å². The molecule has 1 amide bonds. The number of rotatable bonds is 14. The predicted molar refractivity (Wildman–Crippen MR) is 174 cm³/mol. The third-order valence-electron chi connectivity index (χ3n) is 8.00. The Morgan fingerprint density at radius 3 is 2.36 bits per heavy atom. The summed E-state index contributed by atoms with van der Waals surface area (Å²) in [4.78, 5) is 53.8. The normalized spacial score (nSPS) is 21.9. The number of nitrogens with two attached hydrogens (primary N) is 2. The fraction of sp³-hybridized carbons (Fsp3) is 0.367. The Kier molecular flexibility index (Phi) is 11.5. The molecule has 6 atom stereocenters. The fourth-order valence-electron chi connectivity index (χ4n) is 5.58. The van der Waals surface area contributed by atoms with Crippen LogP contribution in [0.3, 0.4) is 0 Å². The standard InChI is InChI=1S/C30H36N7O12P/c31-23-11-13-37(29(42)35-23)26-25(39)24(38)22(48-26)15-47-50(44,45)49-36-28(32)33-12-5-10-21(27(40)41)34-30(43)46-14-20-18-8-3-1-6-16(18)17-7-2-4-9-19(17)20/h1-4,6-9,11,13,20-22,24-26,38-39H,5,10,12,14-15H2,(H,34,43)(H,40,41)(H,44,45)(H2,31,35,42)(H3,32,33,36)/t21?,22-,24-,25-,26-/m1/s1. The smallest absolute Gasteiger partial charge is 0.480 e. The number of nitrogens with one attached hydrogen (secondary N) is 2. The van der Waals surface area contributed by atoms with Gasteiger partial charge in [0.05, 0.1) is 6.61 Å². The second-order valence-corrected chi connectivity index (χ2v) is 12.7. The lowest BCUT2D eigenvalue weighted by Crippen LogP contribution is -2.41. The number of nitrogens with zero attached hydrogens (tertiary/aromatic N) is 3. The molecule has 3 aromatic rings. The highest BCUT2D eigenvalue weighted by atomic mass is 31.2. The molecule has 1 saturated heterocycles. The van der Waals surface area contributed by atoms with Crippen molar-refractivity contribution in [1.29, 1.82) is 0 Å². The second-order valence-electron chi connectivity index (χ2n) is 11.3. The van der Waals surface area contributed by atoms with Gasteiger partial charge in [-0.3, -0.25) is 14.1 Å². The van der Waals surface area contributed by atoms with Crippen LogP contribution < -0.4 is 28.0 Å². The van der Waals surface area contributed by atoms with Crippen LogP contribution in [0.2, 0.25) is 0 Å². The van der Waals surface area contributed by atoms with Gasteiger partial charge in [-0.05, 0) is 41.2 Å². The SMILES string of the molecule is NC(=NCCCC(NC(=O)OCC1c2ccccc2-c2ccccc21)C(=O)O)NOP(=O)(O)OC[C@H]1O[C@@H](n2ccc(N)nc2=O)[C@H](O)[C@@H]1O. The van der Waals surface area contributed by atoms with E-state index in [-0.39, 0.29) is 37.7 Å². The van der Waals surface area contributed by atoms with Crippen LogP contribution >= 0.6 is 7.82 Å². The maximum absolute atomic E-state index is 12.5. The van der Waals surface area contributed by atoms with E-state index in [1.54, 1.807) is 0 Å². The Balaban J connectivity index is 1.03. The Morgan fingerprint density at radius 1 is 1.06 bits per heavy atom. The highest BCUT2D eigenvalue weighted by molar-refractivity contribution is 7.47. The van der Waals surface area contributed by atoms with E-state index in [9.17, 15) is 39.2 Å². The molecule has 19 nitrogen and oxygen atoms in total. The van der Waals surface area contributed by atoms with E-state index in [1.807, 2.05) is 54.0 Å². The van der Waals surface area contributed by atoms with Crippen molar-refractivity contribution in [2.24, 2.45) is 10.7 Å². The third kappa shape index (κ3) is 8.64. The first-order chi connectivity index (χ1) is 23.8. The summed E-state index contributed by atoms with van der Waals surface area (Å²) < 4.78 is 33.4. The lowest BCUT2D eigenvalue weighted by molar-refractivity contribution is -0.139. The fourth-order valence-corrected chi connectivity index (χ4v) is 6.18. The van der Waals surface area contributed by atoms with E-state index >= 15 is 0 Å². The lowest BCUT2D eigenvalue weighted by atomic mass is 9.98. The van der Waals surface area contributed by atoms with Crippen LogP contribution in [0.25, 0.3) is 11.1 Å². The Bertz CT molecular complexity index is 1800. The van der Waals surface area contributed by atoms with Crippen molar-refractivity contribution >= 4 is 31.7 Å². The zero-order valence-corrected chi connectivity index (χ0v) is 27.2. The van der Waals surface area contributed by atoms with Gasteiger partial charge in [-0.1, -0.05) is 48.5 Å². The third-order valence-corrected chi connectivity index (χ3v) is 8.79. The lowest BCUT2D eigenvalue weighted by Gasteiger charge is -2.18. The Morgan fingerprint density at radius 2 is 1.72 bits per heavy atom.